The zero-order chi connectivity index (χ0) is 15.9. The minimum atomic E-state index is -0.414. The van der Waals surface area contributed by atoms with Gasteiger partial charge in [-0.3, -0.25) is 4.79 Å². The second-order valence-corrected chi connectivity index (χ2v) is 5.49. The van der Waals surface area contributed by atoms with Crippen LogP contribution in [-0.2, 0) is 9.53 Å². The molecule has 22 heavy (non-hydrogen) atoms. The lowest BCUT2D eigenvalue weighted by Gasteiger charge is -2.09. The molecule has 5 nitrogen and oxygen atoms in total. The predicted molar refractivity (Wildman–Crippen MR) is 91.1 cm³/mol. The van der Waals surface area contributed by atoms with Gasteiger partial charge in [0, 0.05) is 3.57 Å². The Bertz CT molecular complexity index is 670. The number of esters is 1. The second-order valence-electron chi connectivity index (χ2n) is 4.33. The summed E-state index contributed by atoms with van der Waals surface area (Å²) in [5.41, 5.74) is 1.18. The van der Waals surface area contributed by atoms with Gasteiger partial charge < -0.3 is 14.8 Å². The molecule has 0 radical (unpaired) electrons. The normalized spacial score (nSPS) is 9.91. The molecule has 0 saturated carbocycles. The molecule has 0 unspecified atom stereocenters. The first-order chi connectivity index (χ1) is 10.6. The summed E-state index contributed by atoms with van der Waals surface area (Å²) >= 11 is 2.15. The van der Waals surface area contributed by atoms with Crippen LogP contribution in [0.1, 0.15) is 10.4 Å². The van der Waals surface area contributed by atoms with Crippen LogP contribution in [0.5, 0.6) is 5.75 Å². The van der Waals surface area contributed by atoms with E-state index in [1.165, 1.54) is 7.11 Å². The van der Waals surface area contributed by atoms with Gasteiger partial charge in [-0.1, -0.05) is 12.1 Å². The van der Waals surface area contributed by atoms with E-state index in [-0.39, 0.29) is 12.5 Å². The summed E-state index contributed by atoms with van der Waals surface area (Å²) in [7, 11) is 1.32. The van der Waals surface area contributed by atoms with Crippen LogP contribution in [-0.4, -0.2) is 25.6 Å². The zero-order valence-corrected chi connectivity index (χ0v) is 14.0. The molecule has 0 heterocycles. The Hall–Kier alpha value is -2.09. The number of hydrogen-bond donors (Lipinski definition) is 1. The van der Waals surface area contributed by atoms with Crippen molar-refractivity contribution in [3.8, 4) is 5.75 Å². The zero-order valence-electron chi connectivity index (χ0n) is 11.8. The second kappa shape index (κ2) is 7.79. The molecule has 0 fully saturated rings. The largest absolute Gasteiger partial charge is 0.484 e. The van der Waals surface area contributed by atoms with E-state index >= 15 is 0 Å². The Morgan fingerprint density at radius 2 is 1.77 bits per heavy atom. The number of ether oxygens (including phenoxy) is 2. The number of halogens is 1. The first kappa shape index (κ1) is 16.3. The maximum Gasteiger partial charge on any atom is 0.337 e. The highest BCUT2D eigenvalue weighted by Crippen LogP contribution is 2.17. The van der Waals surface area contributed by atoms with Crippen LogP contribution in [0.15, 0.2) is 48.5 Å². The van der Waals surface area contributed by atoms with E-state index in [9.17, 15) is 9.59 Å². The fraction of sp³-hybridized carbons (Fsp3) is 0.125. The molecular weight excluding hydrogens is 397 g/mol. The van der Waals surface area contributed by atoms with Gasteiger partial charge in [-0.05, 0) is 59.0 Å². The number of para-hydroxylation sites is 1. The van der Waals surface area contributed by atoms with Crippen molar-refractivity contribution in [2.24, 2.45) is 0 Å². The number of benzene rings is 2. The van der Waals surface area contributed by atoms with E-state index in [0.717, 1.165) is 9.26 Å². The molecule has 2 aromatic rings. The number of carbonyl (C=O) groups excluding carboxylic acids is 2. The monoisotopic (exact) mass is 411 g/mol. The molecule has 6 heteroatoms. The molecule has 0 aliphatic heterocycles. The van der Waals surface area contributed by atoms with Crippen LogP contribution >= 0.6 is 22.6 Å². The Morgan fingerprint density at radius 1 is 1.09 bits per heavy atom. The standard InChI is InChI=1S/C16H14INO4/c1-21-16(20)11-6-8-12(9-7-11)22-10-15(19)18-14-5-3-2-4-13(14)17/h2-9H,10H2,1H3,(H,18,19). The topological polar surface area (TPSA) is 64.6 Å². The van der Waals surface area contributed by atoms with Crippen molar-refractivity contribution in [2.75, 3.05) is 19.0 Å². The van der Waals surface area contributed by atoms with Crippen molar-refractivity contribution < 1.29 is 19.1 Å². The van der Waals surface area contributed by atoms with Crippen molar-refractivity contribution in [3.63, 3.8) is 0 Å². The van der Waals surface area contributed by atoms with E-state index in [1.807, 2.05) is 24.3 Å². The Labute approximate surface area is 141 Å². The van der Waals surface area contributed by atoms with Crippen LogP contribution in [0.3, 0.4) is 0 Å². The minimum Gasteiger partial charge on any atom is -0.484 e. The third-order valence-corrected chi connectivity index (χ3v) is 3.73. The number of amides is 1. The third kappa shape index (κ3) is 4.45. The number of anilines is 1. The molecule has 2 aromatic carbocycles. The maximum absolute atomic E-state index is 11.8. The lowest BCUT2D eigenvalue weighted by atomic mass is 10.2. The number of hydrogen-bond acceptors (Lipinski definition) is 4. The van der Waals surface area contributed by atoms with Gasteiger partial charge in [0.2, 0.25) is 0 Å². The lowest BCUT2D eigenvalue weighted by Crippen LogP contribution is -2.20. The molecule has 0 spiro atoms. The molecule has 0 saturated heterocycles. The number of carbonyl (C=O) groups is 2. The number of nitrogens with one attached hydrogen (secondary N) is 1. The fourth-order valence-electron chi connectivity index (χ4n) is 1.70. The van der Waals surface area contributed by atoms with Gasteiger partial charge >= 0.3 is 5.97 Å². The average Bonchev–Trinajstić information content (AvgIpc) is 2.55. The van der Waals surface area contributed by atoms with E-state index in [2.05, 4.69) is 32.6 Å². The Balaban J connectivity index is 1.89. The summed E-state index contributed by atoms with van der Waals surface area (Å²) in [4.78, 5) is 23.1. The molecule has 2 rings (SSSR count). The van der Waals surface area contributed by atoms with Gasteiger partial charge in [0.15, 0.2) is 6.61 Å². The van der Waals surface area contributed by atoms with Gasteiger partial charge in [-0.2, -0.15) is 0 Å². The summed E-state index contributed by atoms with van der Waals surface area (Å²) in [6, 6.07) is 13.9. The van der Waals surface area contributed by atoms with Crippen LogP contribution in [0, 0.1) is 3.57 Å². The molecule has 0 atom stereocenters. The van der Waals surface area contributed by atoms with Crippen molar-refractivity contribution in [2.45, 2.75) is 0 Å². The predicted octanol–water partition coefficient (Wildman–Crippen LogP) is 3.10. The highest BCUT2D eigenvalue weighted by molar-refractivity contribution is 14.1. The average molecular weight is 411 g/mol. The first-order valence-electron chi connectivity index (χ1n) is 6.45. The molecule has 0 aromatic heterocycles. The van der Waals surface area contributed by atoms with E-state index in [1.54, 1.807) is 24.3 Å². The molecule has 0 bridgehead atoms. The summed E-state index contributed by atoms with van der Waals surface area (Å²) in [5, 5.41) is 2.77. The molecule has 114 valence electrons. The Kier molecular flexibility index (Phi) is 5.76. The highest BCUT2D eigenvalue weighted by atomic mass is 127. The van der Waals surface area contributed by atoms with Gasteiger partial charge in [0.25, 0.3) is 5.91 Å². The summed E-state index contributed by atoms with van der Waals surface area (Å²) in [6.45, 7) is -0.109. The molecular formula is C16H14INO4. The van der Waals surface area contributed by atoms with Gasteiger partial charge in [0.05, 0.1) is 18.4 Å². The van der Waals surface area contributed by atoms with Crippen LogP contribution in [0.2, 0.25) is 0 Å². The van der Waals surface area contributed by atoms with Crippen molar-refractivity contribution in [1.29, 1.82) is 0 Å². The quantitative estimate of drug-likeness (QED) is 0.607. The van der Waals surface area contributed by atoms with Gasteiger partial charge in [-0.15, -0.1) is 0 Å². The van der Waals surface area contributed by atoms with Crippen molar-refractivity contribution in [3.05, 3.63) is 57.7 Å². The number of methoxy groups -OCH3 is 1. The first-order valence-corrected chi connectivity index (χ1v) is 7.53. The van der Waals surface area contributed by atoms with Crippen LogP contribution < -0.4 is 10.1 Å². The van der Waals surface area contributed by atoms with E-state index in [4.69, 9.17) is 4.74 Å². The van der Waals surface area contributed by atoms with Gasteiger partial charge in [0.1, 0.15) is 5.75 Å². The highest BCUT2D eigenvalue weighted by Gasteiger charge is 2.07. The third-order valence-electron chi connectivity index (χ3n) is 2.79. The van der Waals surface area contributed by atoms with Crippen LogP contribution in [0.25, 0.3) is 0 Å². The summed E-state index contributed by atoms with van der Waals surface area (Å²) < 4.78 is 10.9. The lowest BCUT2D eigenvalue weighted by molar-refractivity contribution is -0.118. The minimum absolute atomic E-state index is 0.109. The SMILES string of the molecule is COC(=O)c1ccc(OCC(=O)Nc2ccccc2I)cc1. The summed E-state index contributed by atoms with van der Waals surface area (Å²) in [6.07, 6.45) is 0. The van der Waals surface area contributed by atoms with E-state index < -0.39 is 5.97 Å². The smallest absolute Gasteiger partial charge is 0.337 e. The molecule has 0 aliphatic rings. The molecule has 1 amide bonds. The van der Waals surface area contributed by atoms with Crippen LogP contribution in [0.4, 0.5) is 5.69 Å². The van der Waals surface area contributed by atoms with E-state index in [0.29, 0.717) is 11.3 Å². The van der Waals surface area contributed by atoms with Gasteiger partial charge in [-0.25, -0.2) is 4.79 Å². The number of rotatable bonds is 5. The Morgan fingerprint density at radius 3 is 2.41 bits per heavy atom. The maximum atomic E-state index is 11.8. The summed E-state index contributed by atoms with van der Waals surface area (Å²) in [5.74, 6) is -0.158. The molecule has 0 aliphatic carbocycles. The fourth-order valence-corrected chi connectivity index (χ4v) is 2.23. The van der Waals surface area contributed by atoms with Crippen molar-refractivity contribution >= 4 is 40.2 Å². The molecule has 1 N–H and O–H groups in total. The van der Waals surface area contributed by atoms with Crippen molar-refractivity contribution in [1.82, 2.24) is 0 Å².